The maximum atomic E-state index is 10.3. The highest BCUT2D eigenvalue weighted by Gasteiger charge is 2.40. The van der Waals surface area contributed by atoms with E-state index in [1.54, 1.807) is 0 Å². The van der Waals surface area contributed by atoms with E-state index in [-0.39, 0.29) is 0 Å². The van der Waals surface area contributed by atoms with Gasteiger partial charge in [0.2, 0.25) is 0 Å². The quantitative estimate of drug-likeness (QED) is 0.490. The standard InChI is InChI=1S/C6H13NO.C6H8O7/c1-2-7-3-5-8-6-4-7;7-3(8)1-6(13,5(11)12)2-4(9)10/h2-6H2,1H3;13H,1-2H2,(H,7,8)(H,9,10)(H,11,12). The molecule has 0 unspecified atom stereocenters. The molecule has 1 aliphatic rings. The van der Waals surface area contributed by atoms with Gasteiger partial charge in [0.1, 0.15) is 0 Å². The van der Waals surface area contributed by atoms with Crippen LogP contribution in [0.4, 0.5) is 0 Å². The van der Waals surface area contributed by atoms with Crippen LogP contribution in [0.1, 0.15) is 19.8 Å². The smallest absolute Gasteiger partial charge is 0.336 e. The van der Waals surface area contributed by atoms with E-state index in [4.69, 9.17) is 25.2 Å². The monoisotopic (exact) mass is 307 g/mol. The van der Waals surface area contributed by atoms with Crippen molar-refractivity contribution in [2.24, 2.45) is 0 Å². The minimum absolute atomic E-state index is 0.924. The van der Waals surface area contributed by atoms with Gasteiger partial charge in [0.05, 0.1) is 26.1 Å². The number of aliphatic hydroxyl groups is 1. The van der Waals surface area contributed by atoms with Crippen LogP contribution in [0, 0.1) is 0 Å². The number of hydrogen-bond donors (Lipinski definition) is 4. The molecule has 1 saturated heterocycles. The molecule has 0 aromatic heterocycles. The lowest BCUT2D eigenvalue weighted by Gasteiger charge is -2.24. The third-order valence-corrected chi connectivity index (χ3v) is 2.84. The highest BCUT2D eigenvalue weighted by atomic mass is 16.5. The summed E-state index contributed by atoms with van der Waals surface area (Å²) in [4.78, 5) is 32.9. The second-order valence-corrected chi connectivity index (χ2v) is 4.52. The maximum Gasteiger partial charge on any atom is 0.336 e. The maximum absolute atomic E-state index is 10.3. The lowest BCUT2D eigenvalue weighted by molar-refractivity contribution is -0.170. The van der Waals surface area contributed by atoms with Crippen LogP contribution in [0.5, 0.6) is 0 Å². The van der Waals surface area contributed by atoms with Gasteiger partial charge in [0.15, 0.2) is 5.60 Å². The van der Waals surface area contributed by atoms with E-state index in [1.165, 1.54) is 6.54 Å². The van der Waals surface area contributed by atoms with E-state index in [1.807, 2.05) is 0 Å². The summed E-state index contributed by atoms with van der Waals surface area (Å²) in [7, 11) is 0. The van der Waals surface area contributed by atoms with Crippen LogP contribution in [-0.2, 0) is 19.1 Å². The third kappa shape index (κ3) is 8.23. The average Bonchev–Trinajstić information content (AvgIpc) is 2.38. The summed E-state index contributed by atoms with van der Waals surface area (Å²) in [5.74, 6) is -5.02. The predicted octanol–water partition coefficient (Wildman–Crippen LogP) is -0.910. The third-order valence-electron chi connectivity index (χ3n) is 2.84. The fourth-order valence-corrected chi connectivity index (χ4v) is 1.63. The van der Waals surface area contributed by atoms with Gasteiger partial charge in [-0.15, -0.1) is 0 Å². The second-order valence-electron chi connectivity index (χ2n) is 4.52. The van der Waals surface area contributed by atoms with Gasteiger partial charge in [-0.3, -0.25) is 14.5 Å². The molecule has 0 radical (unpaired) electrons. The molecule has 0 saturated carbocycles. The molecule has 0 aromatic carbocycles. The molecule has 0 spiro atoms. The summed E-state index contributed by atoms with van der Waals surface area (Å²) in [6.45, 7) is 7.45. The lowest BCUT2D eigenvalue weighted by atomic mass is 9.96. The Bertz CT molecular complexity index is 348. The number of carboxylic acids is 3. The van der Waals surface area contributed by atoms with Crippen molar-refractivity contribution in [1.82, 2.24) is 4.90 Å². The second kappa shape index (κ2) is 9.27. The number of aliphatic carboxylic acids is 3. The van der Waals surface area contributed by atoms with E-state index in [0.29, 0.717) is 0 Å². The van der Waals surface area contributed by atoms with Gasteiger partial charge >= 0.3 is 17.9 Å². The molecule has 0 aliphatic carbocycles. The minimum Gasteiger partial charge on any atom is -0.481 e. The van der Waals surface area contributed by atoms with E-state index >= 15 is 0 Å². The van der Waals surface area contributed by atoms with Crippen molar-refractivity contribution < 1.29 is 39.5 Å². The SMILES string of the molecule is CCN1CCOCC1.O=C(O)CC(O)(CC(=O)O)C(=O)O. The molecule has 1 rings (SSSR count). The Kier molecular flexibility index (Phi) is 8.51. The molecule has 122 valence electrons. The van der Waals surface area contributed by atoms with Crippen LogP contribution in [0.2, 0.25) is 0 Å². The summed E-state index contributed by atoms with van der Waals surface area (Å²) in [6, 6.07) is 0. The number of ether oxygens (including phenoxy) is 1. The molecule has 0 amide bonds. The van der Waals surface area contributed by atoms with Gasteiger partial charge in [-0.1, -0.05) is 6.92 Å². The summed E-state index contributed by atoms with van der Waals surface area (Å²) >= 11 is 0. The zero-order valence-corrected chi connectivity index (χ0v) is 11.8. The highest BCUT2D eigenvalue weighted by Crippen LogP contribution is 2.15. The highest BCUT2D eigenvalue weighted by molar-refractivity contribution is 5.88. The number of hydrogen-bond acceptors (Lipinski definition) is 6. The van der Waals surface area contributed by atoms with Crippen molar-refractivity contribution in [3.63, 3.8) is 0 Å². The Hall–Kier alpha value is -1.71. The first-order chi connectivity index (χ1) is 9.71. The Balaban J connectivity index is 0.000000423. The first kappa shape index (κ1) is 19.3. The Morgan fingerprint density at radius 3 is 1.71 bits per heavy atom. The molecular weight excluding hydrogens is 286 g/mol. The van der Waals surface area contributed by atoms with Gasteiger partial charge in [-0.05, 0) is 6.54 Å². The average molecular weight is 307 g/mol. The van der Waals surface area contributed by atoms with E-state index in [2.05, 4.69) is 11.8 Å². The molecular formula is C12H21NO8. The Morgan fingerprint density at radius 1 is 1.05 bits per heavy atom. The molecule has 4 N–H and O–H groups in total. The zero-order chi connectivity index (χ0) is 16.5. The van der Waals surface area contributed by atoms with Gasteiger partial charge in [0, 0.05) is 13.1 Å². The molecule has 0 aromatic rings. The van der Waals surface area contributed by atoms with Gasteiger partial charge < -0.3 is 25.2 Å². The molecule has 1 aliphatic heterocycles. The fourth-order valence-electron chi connectivity index (χ4n) is 1.63. The van der Waals surface area contributed by atoms with E-state index in [0.717, 1.165) is 26.3 Å². The van der Waals surface area contributed by atoms with Crippen LogP contribution in [0.3, 0.4) is 0 Å². The number of nitrogens with zero attached hydrogens (tertiary/aromatic N) is 1. The molecule has 9 heteroatoms. The first-order valence-corrected chi connectivity index (χ1v) is 6.40. The van der Waals surface area contributed by atoms with Crippen molar-refractivity contribution in [2.45, 2.75) is 25.4 Å². The number of likely N-dealkylation sites (N-methyl/N-ethyl adjacent to an activating group) is 1. The van der Waals surface area contributed by atoms with Gasteiger partial charge in [-0.2, -0.15) is 0 Å². The number of rotatable bonds is 6. The van der Waals surface area contributed by atoms with Gasteiger partial charge in [0.25, 0.3) is 0 Å². The summed E-state index contributed by atoms with van der Waals surface area (Å²) in [5, 5.41) is 33.8. The van der Waals surface area contributed by atoms with E-state index < -0.39 is 36.4 Å². The normalized spacial score (nSPS) is 15.7. The van der Waals surface area contributed by atoms with Crippen LogP contribution >= 0.6 is 0 Å². The van der Waals surface area contributed by atoms with Crippen molar-refractivity contribution in [1.29, 1.82) is 0 Å². The Labute approximate surface area is 121 Å². The topological polar surface area (TPSA) is 145 Å². The van der Waals surface area contributed by atoms with Crippen LogP contribution in [0.15, 0.2) is 0 Å². The summed E-state index contributed by atoms with van der Waals surface area (Å²) in [6.07, 6.45) is -2.29. The number of carbonyl (C=O) groups is 3. The number of carboxylic acid groups (broad SMARTS) is 3. The van der Waals surface area contributed by atoms with Gasteiger partial charge in [-0.25, -0.2) is 4.79 Å². The minimum atomic E-state index is -2.74. The predicted molar refractivity (Wildman–Crippen MR) is 70.0 cm³/mol. The van der Waals surface area contributed by atoms with E-state index in [9.17, 15) is 14.4 Å². The van der Waals surface area contributed by atoms with Crippen molar-refractivity contribution in [3.8, 4) is 0 Å². The molecule has 9 nitrogen and oxygen atoms in total. The van der Waals surface area contributed by atoms with Crippen LogP contribution in [0.25, 0.3) is 0 Å². The van der Waals surface area contributed by atoms with Crippen molar-refractivity contribution in [2.75, 3.05) is 32.8 Å². The molecule has 21 heavy (non-hydrogen) atoms. The summed E-state index contributed by atoms with van der Waals surface area (Å²) < 4.78 is 5.16. The fraction of sp³-hybridized carbons (Fsp3) is 0.750. The molecule has 0 atom stereocenters. The molecule has 1 heterocycles. The largest absolute Gasteiger partial charge is 0.481 e. The van der Waals surface area contributed by atoms with Crippen molar-refractivity contribution in [3.05, 3.63) is 0 Å². The van der Waals surface area contributed by atoms with Crippen LogP contribution in [-0.4, -0.2) is 81.7 Å². The summed E-state index contributed by atoms with van der Waals surface area (Å²) in [5.41, 5.74) is -2.74. The van der Waals surface area contributed by atoms with Crippen molar-refractivity contribution >= 4 is 17.9 Å². The first-order valence-electron chi connectivity index (χ1n) is 6.40. The molecule has 0 bridgehead atoms. The lowest BCUT2D eigenvalue weighted by Crippen LogP contribution is -2.42. The molecule has 1 fully saturated rings. The Morgan fingerprint density at radius 2 is 1.48 bits per heavy atom. The number of morpholine rings is 1. The zero-order valence-electron chi connectivity index (χ0n) is 11.8. The van der Waals surface area contributed by atoms with Crippen LogP contribution < -0.4 is 0 Å².